The van der Waals surface area contributed by atoms with Crippen molar-refractivity contribution in [3.63, 3.8) is 0 Å². The highest BCUT2D eigenvalue weighted by atomic mass is 33.1. The van der Waals surface area contributed by atoms with Crippen LogP contribution in [0.2, 0.25) is 0 Å². The third-order valence-corrected chi connectivity index (χ3v) is 15.8. The lowest BCUT2D eigenvalue weighted by Crippen LogP contribution is -2.01. The molecule has 0 fully saturated rings. The van der Waals surface area contributed by atoms with Crippen LogP contribution in [0.5, 0.6) is 5.75 Å². The van der Waals surface area contributed by atoms with Crippen molar-refractivity contribution in [3.05, 3.63) is 58.7 Å². The van der Waals surface area contributed by atoms with Crippen molar-refractivity contribution in [1.29, 1.82) is 0 Å². The summed E-state index contributed by atoms with van der Waals surface area (Å²) >= 11 is 6.26. The van der Waals surface area contributed by atoms with Gasteiger partial charge >= 0.3 is 5.77 Å². The zero-order chi connectivity index (χ0) is 41.1. The topological polar surface area (TPSA) is 26.3 Å². The molecule has 2 rings (SSSR count). The minimum Gasteiger partial charge on any atom is -0.429 e. The average molecular weight is 843 g/mol. The van der Waals surface area contributed by atoms with Gasteiger partial charge in [-0.1, -0.05) is 244 Å². The van der Waals surface area contributed by atoms with E-state index < -0.39 is 5.77 Å². The van der Waals surface area contributed by atoms with E-state index >= 15 is 0 Å². The first-order valence-electron chi connectivity index (χ1n) is 24.9. The maximum absolute atomic E-state index is 14.5. The Morgan fingerprint density at radius 3 is 1.14 bits per heavy atom. The molecule has 2 nitrogen and oxygen atoms in total. The first-order valence-corrected chi connectivity index (χ1v) is 29.1. The molecule has 0 aliphatic rings. The lowest BCUT2D eigenvalue weighted by Gasteiger charge is -2.21. The molecular weight excluding hydrogens is 752 g/mol. The average Bonchev–Trinajstić information content (AvgIpc) is 3.20. The zero-order valence-corrected chi connectivity index (χ0v) is 40.6. The fourth-order valence-corrected chi connectivity index (χ4v) is 12.3. The molecule has 0 heterocycles. The van der Waals surface area contributed by atoms with Gasteiger partial charge in [-0.3, -0.25) is 4.57 Å². The highest BCUT2D eigenvalue weighted by molar-refractivity contribution is 8.84. The molecule has 0 bridgehead atoms. The molecule has 0 amide bonds. The predicted molar refractivity (Wildman–Crippen MR) is 261 cm³/mol. The number of aryl methyl sites for hydroxylation is 2. The van der Waals surface area contributed by atoms with Crippen LogP contribution in [0.25, 0.3) is 0 Å². The predicted octanol–water partition coefficient (Wildman–Crippen LogP) is 19.6. The van der Waals surface area contributed by atoms with Crippen LogP contribution >= 0.6 is 29.4 Å². The molecule has 0 saturated carbocycles. The van der Waals surface area contributed by atoms with Gasteiger partial charge in [0.15, 0.2) is 0 Å². The van der Waals surface area contributed by atoms with E-state index in [0.717, 1.165) is 42.7 Å². The molecule has 0 aliphatic heterocycles. The Hall–Kier alpha value is -0.830. The molecule has 0 spiro atoms. The molecule has 0 radical (unpaired) electrons. The Morgan fingerprint density at radius 2 is 0.737 bits per heavy atom. The van der Waals surface area contributed by atoms with Crippen LogP contribution < -0.4 is 4.52 Å². The number of hydrogen-bond donors (Lipinski definition) is 1. The number of unbranched alkanes of at least 4 members (excludes halogenated alkanes) is 28. The minimum absolute atomic E-state index is 0.806. The lowest BCUT2D eigenvalue weighted by molar-refractivity contribution is 0.509. The van der Waals surface area contributed by atoms with Crippen molar-refractivity contribution in [2.45, 2.75) is 264 Å². The van der Waals surface area contributed by atoms with E-state index in [-0.39, 0.29) is 0 Å². The zero-order valence-electron chi connectivity index (χ0n) is 38.0. The minimum atomic E-state index is -3.34. The first-order chi connectivity index (χ1) is 28.0. The Kier molecular flexibility index (Phi) is 32.9. The van der Waals surface area contributed by atoms with Crippen molar-refractivity contribution >= 4 is 29.4 Å². The Bertz CT molecular complexity index is 1190. The summed E-state index contributed by atoms with van der Waals surface area (Å²) in [6.45, 7) is 9.17. The number of rotatable bonds is 40. The summed E-state index contributed by atoms with van der Waals surface area (Å²) in [5.41, 5.74) is 5.52. The van der Waals surface area contributed by atoms with E-state index in [9.17, 15) is 4.57 Å². The van der Waals surface area contributed by atoms with Crippen LogP contribution in [-0.2, 0) is 30.2 Å². The van der Waals surface area contributed by atoms with Crippen molar-refractivity contribution in [1.82, 2.24) is 0 Å². The molecule has 5 heteroatoms. The van der Waals surface area contributed by atoms with Crippen molar-refractivity contribution < 1.29 is 9.09 Å². The van der Waals surface area contributed by atoms with Gasteiger partial charge in [-0.2, -0.15) is 0 Å². The fraction of sp³-hybridized carbons (Fsp3) is 0.769. The van der Waals surface area contributed by atoms with E-state index in [2.05, 4.69) is 64.1 Å². The first kappa shape index (κ1) is 52.3. The van der Waals surface area contributed by atoms with Gasteiger partial charge in [0.1, 0.15) is 5.75 Å². The summed E-state index contributed by atoms with van der Waals surface area (Å²) in [6, 6.07) is 13.2. The molecule has 1 unspecified atom stereocenters. The number of hydrogen-bond acceptors (Lipinski definition) is 3. The van der Waals surface area contributed by atoms with Crippen molar-refractivity contribution in [2.24, 2.45) is 0 Å². The summed E-state index contributed by atoms with van der Waals surface area (Å²) in [6.07, 6.45) is 46.5. The largest absolute Gasteiger partial charge is 0.429 e. The van der Waals surface area contributed by atoms with Gasteiger partial charge in [-0.05, 0) is 97.1 Å². The molecule has 57 heavy (non-hydrogen) atoms. The van der Waals surface area contributed by atoms with Crippen LogP contribution in [0.4, 0.5) is 0 Å². The highest BCUT2D eigenvalue weighted by Crippen LogP contribution is 2.67. The van der Waals surface area contributed by atoms with E-state index in [1.807, 2.05) is 0 Å². The lowest BCUT2D eigenvalue weighted by atomic mass is 9.95. The SMILES string of the molecule is CCCCCCCCCCc1cccc(OP(=O)(S)Sc2cccc(CCCCCCCCCC)c2CCCCCCCCCC)c1CCCCCCCCCC. The quantitative estimate of drug-likeness (QED) is 0.0411. The standard InChI is InChI=1S/C52H91O2PS2/c1-5-9-13-17-21-25-29-33-39-47-41-37-45-51(49(47)43-35-31-27-23-19-15-11-7-3)54-55(53,56)57-52-46-38-42-48(40-34-30-26-22-18-14-10-6-2)50(52)44-36-32-28-24-20-16-12-8-4/h37-38,41-42,45-46H,5-36,39-40,43-44H2,1-4H3,(H,53,56). The van der Waals surface area contributed by atoms with Crippen LogP contribution in [0.1, 0.15) is 255 Å². The van der Waals surface area contributed by atoms with E-state index in [1.54, 1.807) is 0 Å². The summed E-state index contributed by atoms with van der Waals surface area (Å²) in [7, 11) is 0. The summed E-state index contributed by atoms with van der Waals surface area (Å²) in [5.74, 6) is -2.53. The second-order valence-corrected chi connectivity index (χ2v) is 23.5. The summed E-state index contributed by atoms with van der Waals surface area (Å²) in [5, 5.41) is 0. The van der Waals surface area contributed by atoms with Gasteiger partial charge < -0.3 is 4.52 Å². The second-order valence-electron chi connectivity index (χ2n) is 17.3. The van der Waals surface area contributed by atoms with Gasteiger partial charge in [0, 0.05) is 4.90 Å². The second kappa shape index (κ2) is 35.9. The van der Waals surface area contributed by atoms with Gasteiger partial charge in [0.2, 0.25) is 0 Å². The molecule has 0 saturated heterocycles. The van der Waals surface area contributed by atoms with Gasteiger partial charge in [-0.15, -0.1) is 0 Å². The summed E-state index contributed by atoms with van der Waals surface area (Å²) in [4.78, 5) is 1.12. The fourth-order valence-electron chi connectivity index (χ4n) is 8.47. The molecule has 328 valence electrons. The number of benzene rings is 2. The van der Waals surface area contributed by atoms with Gasteiger partial charge in [0.05, 0.1) is 0 Å². The third-order valence-electron chi connectivity index (χ3n) is 12.0. The normalized spacial score (nSPS) is 12.6. The maximum atomic E-state index is 14.5. The molecule has 2 aromatic rings. The molecular formula is C52H91O2PS2. The molecule has 1 atom stereocenters. The van der Waals surface area contributed by atoms with Crippen LogP contribution in [0, 0.1) is 0 Å². The van der Waals surface area contributed by atoms with E-state index in [1.165, 1.54) is 233 Å². The molecule has 2 aromatic carbocycles. The van der Waals surface area contributed by atoms with Crippen LogP contribution in [0.3, 0.4) is 0 Å². The van der Waals surface area contributed by atoms with Crippen molar-refractivity contribution in [3.8, 4) is 5.75 Å². The molecule has 0 N–H and O–H groups in total. The number of thiol groups is 1. The van der Waals surface area contributed by atoms with E-state index in [4.69, 9.17) is 16.8 Å². The van der Waals surface area contributed by atoms with Gasteiger partial charge in [0.25, 0.3) is 0 Å². The van der Waals surface area contributed by atoms with Crippen molar-refractivity contribution in [2.75, 3.05) is 0 Å². The maximum Gasteiger partial charge on any atom is 0.361 e. The molecule has 0 aliphatic carbocycles. The smallest absolute Gasteiger partial charge is 0.361 e. The Balaban J connectivity index is 2.17. The highest BCUT2D eigenvalue weighted by Gasteiger charge is 2.26. The van der Waals surface area contributed by atoms with Gasteiger partial charge in [-0.25, -0.2) is 0 Å². The van der Waals surface area contributed by atoms with Crippen LogP contribution in [-0.4, -0.2) is 0 Å². The Labute approximate surface area is 364 Å². The van der Waals surface area contributed by atoms with E-state index in [0.29, 0.717) is 0 Å². The monoisotopic (exact) mass is 843 g/mol. The molecule has 0 aromatic heterocycles. The third kappa shape index (κ3) is 26.2. The summed E-state index contributed by atoms with van der Waals surface area (Å²) < 4.78 is 21.1. The van der Waals surface area contributed by atoms with Crippen LogP contribution in [0.15, 0.2) is 41.3 Å². The Morgan fingerprint density at radius 1 is 0.421 bits per heavy atom.